The lowest BCUT2D eigenvalue weighted by molar-refractivity contribution is -0.113. The summed E-state index contributed by atoms with van der Waals surface area (Å²) in [5.74, 6) is 0. The zero-order valence-electron chi connectivity index (χ0n) is 13.2. The molecular weight excluding hydrogens is 358 g/mol. The van der Waals surface area contributed by atoms with Gasteiger partial charge < -0.3 is 0 Å². The summed E-state index contributed by atoms with van der Waals surface area (Å²) in [4.78, 5) is 11.8. The Bertz CT molecular complexity index is 1000. The van der Waals surface area contributed by atoms with Gasteiger partial charge in [0, 0.05) is 0 Å². The number of hydrogen-bond acceptors (Lipinski definition) is 3. The molecule has 0 radical (unpaired) electrons. The molecule has 0 aliphatic heterocycles. The number of nitrogens with one attached hydrogen (secondary N) is 1. The molecule has 3 aromatic carbocycles. The van der Waals surface area contributed by atoms with E-state index in [4.69, 9.17) is 11.6 Å². The summed E-state index contributed by atoms with van der Waals surface area (Å²) in [6.07, 6.45) is 0.190. The Morgan fingerprint density at radius 1 is 0.920 bits per heavy atom. The molecule has 0 heterocycles. The minimum absolute atomic E-state index is 0.0992. The van der Waals surface area contributed by atoms with Crippen LogP contribution in [0.1, 0.15) is 5.56 Å². The van der Waals surface area contributed by atoms with Gasteiger partial charge in [-0.1, -0.05) is 60.7 Å². The highest BCUT2D eigenvalue weighted by atomic mass is 35.5. The number of halogens is 1. The van der Waals surface area contributed by atoms with E-state index in [0.29, 0.717) is 0 Å². The molecule has 0 bridgehead atoms. The van der Waals surface area contributed by atoms with E-state index < -0.39 is 21.3 Å². The van der Waals surface area contributed by atoms with Crippen LogP contribution in [0.3, 0.4) is 0 Å². The monoisotopic (exact) mass is 373 g/mol. The van der Waals surface area contributed by atoms with Gasteiger partial charge in [0.25, 0.3) is 0 Å². The molecule has 3 rings (SSSR count). The Kier molecular flexibility index (Phi) is 5.18. The third kappa shape index (κ3) is 4.25. The Morgan fingerprint density at radius 3 is 2.24 bits per heavy atom. The van der Waals surface area contributed by atoms with Gasteiger partial charge in [0.2, 0.25) is 15.3 Å². The minimum Gasteiger partial charge on any atom is -0.279 e. The Hall–Kier alpha value is -2.21. The predicted molar refractivity (Wildman–Crippen MR) is 99.1 cm³/mol. The van der Waals surface area contributed by atoms with Crippen LogP contribution in [0.2, 0.25) is 0 Å². The van der Waals surface area contributed by atoms with Crippen molar-refractivity contribution in [1.29, 1.82) is 0 Å². The summed E-state index contributed by atoms with van der Waals surface area (Å²) in [5, 5.41) is 1.01. The highest BCUT2D eigenvalue weighted by Crippen LogP contribution is 2.19. The molecule has 1 atom stereocenters. The molecule has 0 aliphatic rings. The lowest BCUT2D eigenvalue weighted by Crippen LogP contribution is -2.40. The fraction of sp³-hybridized carbons (Fsp3) is 0.105. The van der Waals surface area contributed by atoms with Gasteiger partial charge >= 0.3 is 0 Å². The summed E-state index contributed by atoms with van der Waals surface area (Å²) in [6, 6.07) is 20.4. The van der Waals surface area contributed by atoms with E-state index >= 15 is 0 Å². The van der Waals surface area contributed by atoms with E-state index in [2.05, 4.69) is 4.72 Å². The van der Waals surface area contributed by atoms with Crippen LogP contribution in [-0.2, 0) is 21.2 Å². The van der Waals surface area contributed by atoms with Crippen molar-refractivity contribution in [3.8, 4) is 0 Å². The van der Waals surface area contributed by atoms with E-state index in [1.165, 1.54) is 6.07 Å². The lowest BCUT2D eigenvalue weighted by atomic mass is 10.1. The maximum atomic E-state index is 12.7. The number of carbonyl (C=O) groups excluding carboxylic acids is 1. The van der Waals surface area contributed by atoms with Crippen LogP contribution in [0.15, 0.2) is 77.7 Å². The van der Waals surface area contributed by atoms with Crippen LogP contribution >= 0.6 is 11.6 Å². The molecule has 4 nitrogen and oxygen atoms in total. The number of fused-ring (bicyclic) bond motifs is 1. The first kappa shape index (κ1) is 17.6. The van der Waals surface area contributed by atoms with Crippen molar-refractivity contribution in [1.82, 2.24) is 4.72 Å². The number of benzene rings is 3. The maximum Gasteiger partial charge on any atom is 0.241 e. The van der Waals surface area contributed by atoms with Gasteiger partial charge in [-0.3, -0.25) is 4.79 Å². The van der Waals surface area contributed by atoms with E-state index in [1.807, 2.05) is 54.6 Å². The Balaban J connectivity index is 1.87. The van der Waals surface area contributed by atoms with Crippen LogP contribution in [0, 0.1) is 0 Å². The van der Waals surface area contributed by atoms with E-state index in [1.54, 1.807) is 12.1 Å². The molecule has 0 aliphatic carbocycles. The molecule has 0 amide bonds. The third-order valence-corrected chi connectivity index (χ3v) is 5.62. The lowest BCUT2D eigenvalue weighted by Gasteiger charge is -2.15. The second-order valence-corrected chi connectivity index (χ2v) is 7.76. The summed E-state index contributed by atoms with van der Waals surface area (Å²) in [5.41, 5.74) is 0.822. The molecule has 0 aromatic heterocycles. The average Bonchev–Trinajstić information content (AvgIpc) is 2.61. The van der Waals surface area contributed by atoms with Crippen molar-refractivity contribution >= 4 is 37.6 Å². The van der Waals surface area contributed by atoms with Gasteiger partial charge in [0.05, 0.1) is 10.9 Å². The standard InChI is InChI=1S/C19H16ClNO3S/c20-19(22)18(12-14-6-2-1-3-7-14)21-25(23,24)17-11-10-15-8-4-5-9-16(15)13-17/h1-11,13,18,21H,12H2/t18-/m0/s1. The number of carbonyl (C=O) groups is 1. The van der Waals surface area contributed by atoms with E-state index in [9.17, 15) is 13.2 Å². The largest absolute Gasteiger partial charge is 0.279 e. The predicted octanol–water partition coefficient (Wildman–Crippen LogP) is 3.49. The van der Waals surface area contributed by atoms with Gasteiger partial charge in [-0.15, -0.1) is 0 Å². The van der Waals surface area contributed by atoms with Crippen molar-refractivity contribution in [2.45, 2.75) is 17.4 Å². The summed E-state index contributed by atoms with van der Waals surface area (Å²) >= 11 is 5.62. The number of sulfonamides is 1. The SMILES string of the molecule is O=C(Cl)[C@H](Cc1ccccc1)NS(=O)(=O)c1ccc2ccccc2c1. The van der Waals surface area contributed by atoms with E-state index in [-0.39, 0.29) is 11.3 Å². The van der Waals surface area contributed by atoms with Gasteiger partial charge in [-0.25, -0.2) is 8.42 Å². The molecule has 0 saturated carbocycles. The quantitative estimate of drug-likeness (QED) is 0.673. The fourth-order valence-electron chi connectivity index (χ4n) is 2.61. The Labute approximate surface area is 151 Å². The van der Waals surface area contributed by atoms with Crippen LogP contribution in [-0.4, -0.2) is 19.7 Å². The van der Waals surface area contributed by atoms with E-state index in [0.717, 1.165) is 16.3 Å². The summed E-state index contributed by atoms with van der Waals surface area (Å²) in [7, 11) is -3.87. The molecule has 6 heteroatoms. The van der Waals surface area contributed by atoms with Crippen LogP contribution < -0.4 is 4.72 Å². The molecule has 0 saturated heterocycles. The molecular formula is C19H16ClNO3S. The highest BCUT2D eigenvalue weighted by molar-refractivity contribution is 7.89. The molecule has 3 aromatic rings. The van der Waals surface area contributed by atoms with Gasteiger partial charge in [-0.2, -0.15) is 4.72 Å². The van der Waals surface area contributed by atoms with Crippen LogP contribution in [0.5, 0.6) is 0 Å². The zero-order valence-corrected chi connectivity index (χ0v) is 14.8. The first-order valence-corrected chi connectivity index (χ1v) is 9.56. The van der Waals surface area contributed by atoms with Crippen molar-refractivity contribution in [2.24, 2.45) is 0 Å². The molecule has 0 unspecified atom stereocenters. The van der Waals surface area contributed by atoms with Crippen molar-refractivity contribution in [3.05, 3.63) is 78.4 Å². The normalized spacial score (nSPS) is 12.8. The molecule has 128 valence electrons. The number of hydrogen-bond donors (Lipinski definition) is 1. The molecule has 0 fully saturated rings. The van der Waals surface area contributed by atoms with Crippen LogP contribution in [0.25, 0.3) is 10.8 Å². The Morgan fingerprint density at radius 2 is 1.56 bits per heavy atom. The minimum atomic E-state index is -3.87. The summed E-state index contributed by atoms with van der Waals surface area (Å²) < 4.78 is 27.7. The molecule has 25 heavy (non-hydrogen) atoms. The zero-order chi connectivity index (χ0) is 17.9. The van der Waals surface area contributed by atoms with Crippen molar-refractivity contribution in [2.75, 3.05) is 0 Å². The van der Waals surface area contributed by atoms with Crippen LogP contribution in [0.4, 0.5) is 0 Å². The maximum absolute atomic E-state index is 12.7. The van der Waals surface area contributed by atoms with Gasteiger partial charge in [-0.05, 0) is 46.5 Å². The second kappa shape index (κ2) is 7.35. The first-order valence-electron chi connectivity index (χ1n) is 7.70. The molecule has 0 spiro atoms. The fourth-order valence-corrected chi connectivity index (χ4v) is 4.03. The topological polar surface area (TPSA) is 63.2 Å². The third-order valence-electron chi connectivity index (χ3n) is 3.89. The van der Waals surface area contributed by atoms with Crippen molar-refractivity contribution < 1.29 is 13.2 Å². The number of rotatable bonds is 6. The van der Waals surface area contributed by atoms with Crippen molar-refractivity contribution in [3.63, 3.8) is 0 Å². The summed E-state index contributed by atoms with van der Waals surface area (Å²) in [6.45, 7) is 0. The first-order chi connectivity index (χ1) is 12.0. The van der Waals surface area contributed by atoms with Gasteiger partial charge in [0.1, 0.15) is 0 Å². The molecule has 1 N–H and O–H groups in total. The van der Waals surface area contributed by atoms with Gasteiger partial charge in [0.15, 0.2) is 0 Å². The second-order valence-electron chi connectivity index (χ2n) is 5.68. The highest BCUT2D eigenvalue weighted by Gasteiger charge is 2.25. The smallest absolute Gasteiger partial charge is 0.241 e. The average molecular weight is 374 g/mol.